The van der Waals surface area contributed by atoms with Gasteiger partial charge in [-0.3, -0.25) is 0 Å². The first kappa shape index (κ1) is 14.7. The molecule has 1 aliphatic heterocycles. The minimum absolute atomic E-state index is 0.164. The topological polar surface area (TPSA) is 29.3 Å². The van der Waals surface area contributed by atoms with Gasteiger partial charge in [-0.15, -0.1) is 0 Å². The van der Waals surface area contributed by atoms with Crippen LogP contribution >= 0.6 is 11.6 Å². The third kappa shape index (κ3) is 3.24. The number of halogens is 1. The molecule has 19 heavy (non-hydrogen) atoms. The molecule has 1 aliphatic rings. The monoisotopic (exact) mass is 280 g/mol. The minimum atomic E-state index is 0.164. The number of rotatable bonds is 4. The Morgan fingerprint density at radius 3 is 2.74 bits per heavy atom. The number of benzene rings is 1. The van der Waals surface area contributed by atoms with Crippen LogP contribution in [-0.4, -0.2) is 18.6 Å². The molecule has 0 radical (unpaired) electrons. The fourth-order valence-electron chi connectivity index (χ4n) is 3.16. The molecule has 2 nitrogen and oxygen atoms in total. The Hall–Kier alpha value is -0.730. The van der Waals surface area contributed by atoms with Crippen LogP contribution < -0.4 is 10.6 Å². The molecule has 1 aromatic rings. The lowest BCUT2D eigenvalue weighted by molar-refractivity contribution is 0.491. The Bertz CT molecular complexity index is 429. The van der Waals surface area contributed by atoms with Gasteiger partial charge in [-0.05, 0) is 43.7 Å². The third-order valence-electron chi connectivity index (χ3n) is 3.97. The van der Waals surface area contributed by atoms with Gasteiger partial charge in [0.15, 0.2) is 0 Å². The van der Waals surface area contributed by atoms with Crippen molar-refractivity contribution in [1.82, 2.24) is 0 Å². The highest BCUT2D eigenvalue weighted by molar-refractivity contribution is 6.33. The number of nitrogens with two attached hydrogens (primary N) is 1. The summed E-state index contributed by atoms with van der Waals surface area (Å²) in [5.74, 6) is 0.655. The fraction of sp³-hybridized carbons (Fsp3) is 0.625. The molecular formula is C16H25ClN2. The zero-order valence-corrected chi connectivity index (χ0v) is 13.0. The van der Waals surface area contributed by atoms with Crippen molar-refractivity contribution in [2.45, 2.75) is 52.1 Å². The molecule has 0 aliphatic carbocycles. The van der Waals surface area contributed by atoms with Crippen molar-refractivity contribution < 1.29 is 0 Å². The average Bonchev–Trinajstić information content (AvgIpc) is 2.77. The van der Waals surface area contributed by atoms with E-state index in [1.54, 1.807) is 0 Å². The molecule has 0 saturated carbocycles. The summed E-state index contributed by atoms with van der Waals surface area (Å²) in [7, 11) is 0. The highest BCUT2D eigenvalue weighted by Gasteiger charge is 2.29. The Labute approximate surface area is 121 Å². The number of para-hydroxylation sites is 1. The van der Waals surface area contributed by atoms with Crippen molar-refractivity contribution in [1.29, 1.82) is 0 Å². The van der Waals surface area contributed by atoms with Gasteiger partial charge >= 0.3 is 0 Å². The maximum atomic E-state index is 6.48. The molecule has 1 heterocycles. The molecule has 1 saturated heterocycles. The lowest BCUT2D eigenvalue weighted by Gasteiger charge is -2.32. The number of hydrogen-bond donors (Lipinski definition) is 1. The van der Waals surface area contributed by atoms with E-state index < -0.39 is 0 Å². The lowest BCUT2D eigenvalue weighted by atomic mass is 9.99. The van der Waals surface area contributed by atoms with Crippen LogP contribution in [-0.2, 0) is 6.42 Å². The van der Waals surface area contributed by atoms with E-state index in [1.165, 1.54) is 24.1 Å². The van der Waals surface area contributed by atoms with Crippen LogP contribution in [0, 0.1) is 5.92 Å². The summed E-state index contributed by atoms with van der Waals surface area (Å²) < 4.78 is 0. The van der Waals surface area contributed by atoms with Crippen molar-refractivity contribution in [3.63, 3.8) is 0 Å². The lowest BCUT2D eigenvalue weighted by Crippen LogP contribution is -2.34. The molecule has 0 amide bonds. The van der Waals surface area contributed by atoms with Crippen LogP contribution in [0.4, 0.5) is 5.69 Å². The van der Waals surface area contributed by atoms with E-state index >= 15 is 0 Å². The largest absolute Gasteiger partial charge is 0.367 e. The molecule has 2 N–H and O–H groups in total. The smallest absolute Gasteiger partial charge is 0.0642 e. The standard InChI is InChI=1S/C16H25ClN2/c1-11(2)15-8-5-9-19(15)16-13(10-12(3)18)6-4-7-14(16)17/h4,6-7,11-12,15H,5,8-10,18H2,1-3H3. The van der Waals surface area contributed by atoms with Crippen molar-refractivity contribution in [2.75, 3.05) is 11.4 Å². The zero-order chi connectivity index (χ0) is 14.0. The van der Waals surface area contributed by atoms with Gasteiger partial charge in [-0.2, -0.15) is 0 Å². The Morgan fingerprint density at radius 1 is 1.37 bits per heavy atom. The molecule has 2 atom stereocenters. The van der Waals surface area contributed by atoms with Crippen LogP contribution in [0.5, 0.6) is 0 Å². The number of hydrogen-bond acceptors (Lipinski definition) is 2. The van der Waals surface area contributed by atoms with Gasteiger partial charge in [0.1, 0.15) is 0 Å². The van der Waals surface area contributed by atoms with Crippen LogP contribution in [0.2, 0.25) is 5.02 Å². The van der Waals surface area contributed by atoms with Gasteiger partial charge in [-0.25, -0.2) is 0 Å². The van der Waals surface area contributed by atoms with Crippen LogP contribution in [0.3, 0.4) is 0 Å². The van der Waals surface area contributed by atoms with Gasteiger partial charge in [0, 0.05) is 18.6 Å². The first-order chi connectivity index (χ1) is 9.00. The Balaban J connectivity index is 2.37. The van der Waals surface area contributed by atoms with E-state index in [0.29, 0.717) is 12.0 Å². The first-order valence-electron chi connectivity index (χ1n) is 7.30. The van der Waals surface area contributed by atoms with E-state index in [1.807, 2.05) is 12.1 Å². The van der Waals surface area contributed by atoms with Crippen molar-refractivity contribution in [2.24, 2.45) is 11.7 Å². The summed E-state index contributed by atoms with van der Waals surface area (Å²) in [4.78, 5) is 2.50. The van der Waals surface area contributed by atoms with E-state index in [-0.39, 0.29) is 6.04 Å². The quantitative estimate of drug-likeness (QED) is 0.908. The van der Waals surface area contributed by atoms with Crippen LogP contribution in [0.15, 0.2) is 18.2 Å². The van der Waals surface area contributed by atoms with Gasteiger partial charge in [0.05, 0.1) is 10.7 Å². The van der Waals surface area contributed by atoms with E-state index in [2.05, 4.69) is 31.7 Å². The van der Waals surface area contributed by atoms with Crippen LogP contribution in [0.1, 0.15) is 39.2 Å². The number of nitrogens with zero attached hydrogens (tertiary/aromatic N) is 1. The molecule has 0 bridgehead atoms. The molecule has 106 valence electrons. The average molecular weight is 281 g/mol. The second kappa shape index (κ2) is 6.15. The molecular weight excluding hydrogens is 256 g/mol. The Morgan fingerprint density at radius 2 is 2.11 bits per heavy atom. The molecule has 2 unspecified atom stereocenters. The summed E-state index contributed by atoms with van der Waals surface area (Å²) in [5.41, 5.74) is 8.48. The second-order valence-electron chi connectivity index (χ2n) is 6.08. The van der Waals surface area contributed by atoms with E-state index in [4.69, 9.17) is 17.3 Å². The van der Waals surface area contributed by atoms with Crippen molar-refractivity contribution in [3.8, 4) is 0 Å². The summed E-state index contributed by atoms with van der Waals surface area (Å²) in [6.45, 7) is 7.75. The second-order valence-corrected chi connectivity index (χ2v) is 6.48. The zero-order valence-electron chi connectivity index (χ0n) is 12.2. The number of anilines is 1. The molecule has 0 aromatic heterocycles. The van der Waals surface area contributed by atoms with Gasteiger partial charge in [0.2, 0.25) is 0 Å². The Kier molecular flexibility index (Phi) is 4.75. The van der Waals surface area contributed by atoms with Crippen molar-refractivity contribution >= 4 is 17.3 Å². The van der Waals surface area contributed by atoms with Gasteiger partial charge < -0.3 is 10.6 Å². The first-order valence-corrected chi connectivity index (χ1v) is 7.68. The van der Waals surface area contributed by atoms with Crippen molar-refractivity contribution in [3.05, 3.63) is 28.8 Å². The summed E-state index contributed by atoms with van der Waals surface area (Å²) in [5, 5.41) is 0.866. The normalized spacial score (nSPS) is 21.2. The third-order valence-corrected chi connectivity index (χ3v) is 4.27. The fourth-order valence-corrected chi connectivity index (χ4v) is 3.46. The molecule has 1 fully saturated rings. The van der Waals surface area contributed by atoms with E-state index in [9.17, 15) is 0 Å². The van der Waals surface area contributed by atoms with Gasteiger partial charge in [0.25, 0.3) is 0 Å². The predicted octanol–water partition coefficient (Wildman–Crippen LogP) is 3.85. The van der Waals surface area contributed by atoms with Gasteiger partial charge in [-0.1, -0.05) is 37.6 Å². The maximum Gasteiger partial charge on any atom is 0.0642 e. The summed E-state index contributed by atoms with van der Waals surface area (Å²) >= 11 is 6.48. The maximum absolute atomic E-state index is 6.48. The SMILES string of the molecule is CC(N)Cc1cccc(Cl)c1N1CCCC1C(C)C. The molecule has 1 aromatic carbocycles. The summed E-state index contributed by atoms with van der Waals surface area (Å²) in [6, 6.07) is 6.96. The highest BCUT2D eigenvalue weighted by atomic mass is 35.5. The molecule has 0 spiro atoms. The predicted molar refractivity (Wildman–Crippen MR) is 84.0 cm³/mol. The highest BCUT2D eigenvalue weighted by Crippen LogP contribution is 2.37. The summed E-state index contributed by atoms with van der Waals surface area (Å²) in [6.07, 6.45) is 3.41. The van der Waals surface area contributed by atoms with E-state index in [0.717, 1.165) is 18.0 Å². The van der Waals surface area contributed by atoms with Crippen LogP contribution in [0.25, 0.3) is 0 Å². The molecule has 3 heteroatoms. The molecule has 2 rings (SSSR count). The minimum Gasteiger partial charge on any atom is -0.367 e.